The molecule has 0 heterocycles. The standard InChI is InChI=1S/C17H20O2/c1-10(2)13-7-15(9-16(18)8-13)14-5-11(3)17(19)12(4)6-14/h5-10,18-19H,1-4H3. The highest BCUT2D eigenvalue weighted by Crippen LogP contribution is 2.32. The molecule has 0 bridgehead atoms. The molecule has 0 aliphatic carbocycles. The molecule has 0 amide bonds. The van der Waals surface area contributed by atoms with Crippen LogP contribution in [0.2, 0.25) is 0 Å². The minimum atomic E-state index is 0.282. The number of rotatable bonds is 2. The largest absolute Gasteiger partial charge is 0.508 e. The Morgan fingerprint density at radius 1 is 0.789 bits per heavy atom. The van der Waals surface area contributed by atoms with Crippen molar-refractivity contribution in [2.24, 2.45) is 0 Å². The average Bonchev–Trinajstić information content (AvgIpc) is 2.34. The average molecular weight is 256 g/mol. The Morgan fingerprint density at radius 3 is 1.84 bits per heavy atom. The molecule has 0 aromatic heterocycles. The van der Waals surface area contributed by atoms with Crippen LogP contribution in [-0.4, -0.2) is 10.2 Å². The second-order valence-electron chi connectivity index (χ2n) is 5.43. The van der Waals surface area contributed by atoms with E-state index in [2.05, 4.69) is 19.9 Å². The summed E-state index contributed by atoms with van der Waals surface area (Å²) in [6, 6.07) is 9.55. The van der Waals surface area contributed by atoms with Gasteiger partial charge in [-0.25, -0.2) is 0 Å². The number of hydrogen-bond donors (Lipinski definition) is 2. The van der Waals surface area contributed by atoms with Crippen LogP contribution in [0.1, 0.15) is 36.5 Å². The van der Waals surface area contributed by atoms with E-state index in [1.54, 1.807) is 12.1 Å². The van der Waals surface area contributed by atoms with Gasteiger partial charge in [-0.2, -0.15) is 0 Å². The highest BCUT2D eigenvalue weighted by molar-refractivity contribution is 5.69. The van der Waals surface area contributed by atoms with Crippen molar-refractivity contribution in [1.82, 2.24) is 0 Å². The fourth-order valence-corrected chi connectivity index (χ4v) is 2.26. The molecule has 2 aromatic rings. The number of benzene rings is 2. The predicted molar refractivity (Wildman–Crippen MR) is 78.8 cm³/mol. The highest BCUT2D eigenvalue weighted by atomic mass is 16.3. The van der Waals surface area contributed by atoms with Gasteiger partial charge in [-0.3, -0.25) is 0 Å². The van der Waals surface area contributed by atoms with Gasteiger partial charge in [-0.15, -0.1) is 0 Å². The summed E-state index contributed by atoms with van der Waals surface area (Å²) in [5.74, 6) is 0.989. The summed E-state index contributed by atoms with van der Waals surface area (Å²) in [6.45, 7) is 7.98. The van der Waals surface area contributed by atoms with E-state index in [4.69, 9.17) is 0 Å². The lowest BCUT2D eigenvalue weighted by Crippen LogP contribution is -1.90. The second-order valence-corrected chi connectivity index (χ2v) is 5.43. The third-order valence-corrected chi connectivity index (χ3v) is 3.43. The van der Waals surface area contributed by atoms with Gasteiger partial charge in [0.15, 0.2) is 0 Å². The van der Waals surface area contributed by atoms with Gasteiger partial charge in [0, 0.05) is 0 Å². The van der Waals surface area contributed by atoms with Crippen LogP contribution in [0, 0.1) is 13.8 Å². The van der Waals surface area contributed by atoms with Crippen molar-refractivity contribution in [3.05, 3.63) is 47.0 Å². The Morgan fingerprint density at radius 2 is 1.32 bits per heavy atom. The quantitative estimate of drug-likeness (QED) is 0.830. The van der Waals surface area contributed by atoms with Crippen molar-refractivity contribution >= 4 is 0 Å². The SMILES string of the molecule is Cc1cc(-c2cc(O)cc(C(C)C)c2)cc(C)c1O. The molecule has 19 heavy (non-hydrogen) atoms. The third-order valence-electron chi connectivity index (χ3n) is 3.43. The van der Waals surface area contributed by atoms with Crippen molar-refractivity contribution in [2.75, 3.05) is 0 Å². The molecule has 2 rings (SSSR count). The molecule has 2 nitrogen and oxygen atoms in total. The van der Waals surface area contributed by atoms with Gasteiger partial charge in [-0.1, -0.05) is 19.9 Å². The topological polar surface area (TPSA) is 40.5 Å². The zero-order chi connectivity index (χ0) is 14.2. The number of aromatic hydroxyl groups is 2. The van der Waals surface area contributed by atoms with Gasteiger partial charge >= 0.3 is 0 Å². The highest BCUT2D eigenvalue weighted by Gasteiger charge is 2.09. The summed E-state index contributed by atoms with van der Waals surface area (Å²) in [4.78, 5) is 0. The van der Waals surface area contributed by atoms with Crippen molar-refractivity contribution in [2.45, 2.75) is 33.6 Å². The van der Waals surface area contributed by atoms with Gasteiger partial charge in [-0.05, 0) is 71.8 Å². The summed E-state index contributed by atoms with van der Waals surface area (Å²) in [5.41, 5.74) is 4.81. The number of aryl methyl sites for hydroxylation is 2. The molecule has 100 valence electrons. The van der Waals surface area contributed by atoms with Crippen LogP contribution in [0.5, 0.6) is 11.5 Å². The first-order chi connectivity index (χ1) is 8.88. The second kappa shape index (κ2) is 4.96. The molecular weight excluding hydrogens is 236 g/mol. The Balaban J connectivity index is 2.59. The van der Waals surface area contributed by atoms with Crippen molar-refractivity contribution < 1.29 is 10.2 Å². The molecule has 0 unspecified atom stereocenters. The van der Waals surface area contributed by atoms with E-state index in [0.29, 0.717) is 11.7 Å². The van der Waals surface area contributed by atoms with Crippen LogP contribution in [0.3, 0.4) is 0 Å². The molecule has 0 aliphatic rings. The Bertz CT molecular complexity index is 590. The Kier molecular flexibility index (Phi) is 3.52. The molecule has 0 saturated carbocycles. The summed E-state index contributed by atoms with van der Waals surface area (Å²) in [7, 11) is 0. The normalized spacial score (nSPS) is 11.0. The number of hydrogen-bond acceptors (Lipinski definition) is 2. The van der Waals surface area contributed by atoms with E-state index in [1.807, 2.05) is 26.0 Å². The molecule has 2 N–H and O–H groups in total. The number of phenolic OH excluding ortho intramolecular Hbond substituents is 2. The van der Waals surface area contributed by atoms with E-state index >= 15 is 0 Å². The summed E-state index contributed by atoms with van der Waals surface area (Å²) in [5, 5.41) is 19.7. The lowest BCUT2D eigenvalue weighted by molar-refractivity contribution is 0.467. The van der Waals surface area contributed by atoms with E-state index in [9.17, 15) is 10.2 Å². The molecular formula is C17H20O2. The lowest BCUT2D eigenvalue weighted by Gasteiger charge is -2.12. The molecule has 0 fully saturated rings. The maximum Gasteiger partial charge on any atom is 0.121 e. The van der Waals surface area contributed by atoms with E-state index in [1.165, 1.54) is 0 Å². The van der Waals surface area contributed by atoms with Crippen molar-refractivity contribution in [3.8, 4) is 22.6 Å². The van der Waals surface area contributed by atoms with Gasteiger partial charge in [0.1, 0.15) is 11.5 Å². The summed E-state index contributed by atoms with van der Waals surface area (Å²) >= 11 is 0. The molecule has 0 spiro atoms. The fourth-order valence-electron chi connectivity index (χ4n) is 2.26. The zero-order valence-electron chi connectivity index (χ0n) is 11.9. The van der Waals surface area contributed by atoms with Crippen LogP contribution >= 0.6 is 0 Å². The minimum Gasteiger partial charge on any atom is -0.508 e. The van der Waals surface area contributed by atoms with Gasteiger partial charge in [0.05, 0.1) is 0 Å². The lowest BCUT2D eigenvalue weighted by atomic mass is 9.95. The van der Waals surface area contributed by atoms with Gasteiger partial charge in [0.25, 0.3) is 0 Å². The van der Waals surface area contributed by atoms with Gasteiger partial charge < -0.3 is 10.2 Å². The molecule has 0 radical (unpaired) electrons. The first kappa shape index (κ1) is 13.5. The van der Waals surface area contributed by atoms with Crippen LogP contribution in [0.25, 0.3) is 11.1 Å². The summed E-state index contributed by atoms with van der Waals surface area (Å²) < 4.78 is 0. The molecule has 0 atom stereocenters. The maximum atomic E-state index is 9.85. The maximum absolute atomic E-state index is 9.85. The first-order valence-electron chi connectivity index (χ1n) is 6.53. The molecule has 2 heteroatoms. The Labute approximate surface area is 114 Å². The predicted octanol–water partition coefficient (Wildman–Crippen LogP) is 4.51. The van der Waals surface area contributed by atoms with Gasteiger partial charge in [0.2, 0.25) is 0 Å². The zero-order valence-corrected chi connectivity index (χ0v) is 11.9. The van der Waals surface area contributed by atoms with E-state index < -0.39 is 0 Å². The van der Waals surface area contributed by atoms with E-state index in [-0.39, 0.29) is 5.75 Å². The van der Waals surface area contributed by atoms with E-state index in [0.717, 1.165) is 27.8 Å². The van der Waals surface area contributed by atoms with Crippen molar-refractivity contribution in [3.63, 3.8) is 0 Å². The molecule has 2 aromatic carbocycles. The van der Waals surface area contributed by atoms with Crippen LogP contribution in [0.15, 0.2) is 30.3 Å². The van der Waals surface area contributed by atoms with Crippen LogP contribution in [-0.2, 0) is 0 Å². The monoisotopic (exact) mass is 256 g/mol. The minimum absolute atomic E-state index is 0.282. The molecule has 0 saturated heterocycles. The first-order valence-corrected chi connectivity index (χ1v) is 6.53. The van der Waals surface area contributed by atoms with Crippen LogP contribution in [0.4, 0.5) is 0 Å². The van der Waals surface area contributed by atoms with Crippen molar-refractivity contribution in [1.29, 1.82) is 0 Å². The van der Waals surface area contributed by atoms with Crippen LogP contribution < -0.4 is 0 Å². The molecule has 0 aliphatic heterocycles. The Hall–Kier alpha value is -1.96. The third kappa shape index (κ3) is 2.73. The number of phenols is 2. The fraction of sp³-hybridized carbons (Fsp3) is 0.294. The smallest absolute Gasteiger partial charge is 0.121 e. The summed E-state index contributed by atoms with van der Waals surface area (Å²) in [6.07, 6.45) is 0.